The fourth-order valence-electron chi connectivity index (χ4n) is 3.26. The van der Waals surface area contributed by atoms with Gasteiger partial charge in [0.15, 0.2) is 5.78 Å². The number of hydrogen-bond acceptors (Lipinski definition) is 7. The number of ketones is 1. The van der Waals surface area contributed by atoms with Crippen molar-refractivity contribution in [1.82, 2.24) is 15.2 Å². The summed E-state index contributed by atoms with van der Waals surface area (Å²) >= 11 is 4.54. The van der Waals surface area contributed by atoms with Gasteiger partial charge < -0.3 is 0 Å². The van der Waals surface area contributed by atoms with Gasteiger partial charge in [0.2, 0.25) is 5.16 Å². The van der Waals surface area contributed by atoms with Crippen LogP contribution in [0.15, 0.2) is 93.4 Å². The van der Waals surface area contributed by atoms with Crippen LogP contribution in [-0.4, -0.2) is 26.7 Å². The molecule has 5 aromatic rings. The molecule has 0 N–H and O–H groups in total. The first-order chi connectivity index (χ1) is 15.8. The highest BCUT2D eigenvalue weighted by Crippen LogP contribution is 2.32. The second-order valence-electron chi connectivity index (χ2n) is 6.97. The Labute approximate surface area is 198 Å². The molecule has 7 heteroatoms. The lowest BCUT2D eigenvalue weighted by molar-refractivity contribution is 0.102. The Morgan fingerprint density at radius 1 is 0.719 bits per heavy atom. The second kappa shape index (κ2) is 9.56. The predicted molar refractivity (Wildman–Crippen MR) is 133 cm³/mol. The van der Waals surface area contributed by atoms with Crippen molar-refractivity contribution >= 4 is 40.2 Å². The van der Waals surface area contributed by atoms with E-state index in [1.807, 2.05) is 76.1 Å². The Kier molecular flexibility index (Phi) is 6.20. The summed E-state index contributed by atoms with van der Waals surface area (Å²) in [5.74, 6) is 0.296. The smallest absolute Gasteiger partial charge is 0.210 e. The third-order valence-corrected chi connectivity index (χ3v) is 7.11. The summed E-state index contributed by atoms with van der Waals surface area (Å²) in [6.07, 6.45) is 0. The maximum Gasteiger partial charge on any atom is 0.210 e. The van der Waals surface area contributed by atoms with Gasteiger partial charge in [0.25, 0.3) is 0 Å². The minimum atomic E-state index is 0.0391. The van der Waals surface area contributed by atoms with Gasteiger partial charge in [0, 0.05) is 27.5 Å². The number of thioether (sulfide) groups is 1. The van der Waals surface area contributed by atoms with E-state index >= 15 is 0 Å². The van der Waals surface area contributed by atoms with Crippen LogP contribution in [0.2, 0.25) is 0 Å². The highest BCUT2D eigenvalue weighted by atomic mass is 32.2. The van der Waals surface area contributed by atoms with Gasteiger partial charge >= 0.3 is 0 Å². The summed E-state index contributed by atoms with van der Waals surface area (Å²) in [6, 6.07) is 21.9. The molecule has 156 valence electrons. The largest absolute Gasteiger partial charge is 0.293 e. The summed E-state index contributed by atoms with van der Waals surface area (Å²) < 4.78 is 0. The van der Waals surface area contributed by atoms with Crippen molar-refractivity contribution in [3.05, 3.63) is 93.8 Å². The highest BCUT2D eigenvalue weighted by Gasteiger charge is 2.16. The number of thiophene rings is 2. The van der Waals surface area contributed by atoms with Crippen molar-refractivity contribution in [3.63, 3.8) is 0 Å². The molecule has 0 aliphatic rings. The van der Waals surface area contributed by atoms with E-state index in [-0.39, 0.29) is 11.5 Å². The van der Waals surface area contributed by atoms with Gasteiger partial charge in [-0.05, 0) is 34.0 Å². The molecule has 0 atom stereocenters. The van der Waals surface area contributed by atoms with Crippen LogP contribution in [0.25, 0.3) is 33.6 Å². The van der Waals surface area contributed by atoms with Crippen molar-refractivity contribution in [1.29, 1.82) is 0 Å². The van der Waals surface area contributed by atoms with Gasteiger partial charge in [-0.2, -0.15) is 22.7 Å². The normalized spacial score (nSPS) is 10.9. The minimum Gasteiger partial charge on any atom is -0.293 e. The van der Waals surface area contributed by atoms with E-state index in [0.29, 0.717) is 10.7 Å². The number of carbonyl (C=O) groups is 1. The Morgan fingerprint density at radius 2 is 1.38 bits per heavy atom. The number of aromatic nitrogens is 3. The molecular weight excluding hydrogens is 454 g/mol. The molecule has 0 saturated carbocycles. The number of rotatable bonds is 7. The van der Waals surface area contributed by atoms with Crippen LogP contribution in [0, 0.1) is 0 Å². The van der Waals surface area contributed by atoms with Crippen molar-refractivity contribution in [3.8, 4) is 33.6 Å². The molecule has 0 fully saturated rings. The molecule has 4 nitrogen and oxygen atoms in total. The third kappa shape index (κ3) is 4.55. The lowest BCUT2D eigenvalue weighted by atomic mass is 10.0. The van der Waals surface area contributed by atoms with E-state index in [1.165, 1.54) is 11.8 Å². The molecule has 0 radical (unpaired) electrons. The van der Waals surface area contributed by atoms with E-state index in [2.05, 4.69) is 22.3 Å². The molecule has 3 heterocycles. The zero-order chi connectivity index (χ0) is 21.8. The first-order valence-electron chi connectivity index (χ1n) is 9.89. The maximum atomic E-state index is 12.7. The van der Waals surface area contributed by atoms with E-state index in [4.69, 9.17) is 4.98 Å². The molecular formula is C25H17N3OS3. The minimum absolute atomic E-state index is 0.0391. The van der Waals surface area contributed by atoms with Gasteiger partial charge in [-0.15, -0.1) is 10.2 Å². The Balaban J connectivity index is 1.32. The molecule has 5 rings (SSSR count). The Hall–Kier alpha value is -3.13. The second-order valence-corrected chi connectivity index (χ2v) is 9.47. The lowest BCUT2D eigenvalue weighted by Gasteiger charge is -2.07. The summed E-state index contributed by atoms with van der Waals surface area (Å²) in [5, 5.41) is 17.3. The van der Waals surface area contributed by atoms with Crippen LogP contribution in [0.1, 0.15) is 10.4 Å². The van der Waals surface area contributed by atoms with Crippen LogP contribution in [0.5, 0.6) is 0 Å². The summed E-state index contributed by atoms with van der Waals surface area (Å²) in [7, 11) is 0. The van der Waals surface area contributed by atoms with Crippen LogP contribution >= 0.6 is 34.4 Å². The molecule has 0 unspecified atom stereocenters. The van der Waals surface area contributed by atoms with Gasteiger partial charge in [-0.25, -0.2) is 4.98 Å². The molecule has 0 spiro atoms. The monoisotopic (exact) mass is 471 g/mol. The fourth-order valence-corrected chi connectivity index (χ4v) is 5.22. The zero-order valence-corrected chi connectivity index (χ0v) is 19.3. The van der Waals surface area contributed by atoms with E-state index in [1.54, 1.807) is 22.7 Å². The number of hydrogen-bond donors (Lipinski definition) is 0. The molecule has 0 bridgehead atoms. The van der Waals surface area contributed by atoms with Gasteiger partial charge in [-0.1, -0.05) is 66.4 Å². The Morgan fingerprint density at radius 3 is 2.03 bits per heavy atom. The lowest BCUT2D eigenvalue weighted by Crippen LogP contribution is -2.04. The number of benzene rings is 2. The molecule has 2 aromatic carbocycles. The first kappa shape index (κ1) is 20.8. The van der Waals surface area contributed by atoms with Gasteiger partial charge in [-0.3, -0.25) is 4.79 Å². The van der Waals surface area contributed by atoms with Gasteiger partial charge in [0.1, 0.15) is 11.4 Å². The molecule has 0 aliphatic heterocycles. The quantitative estimate of drug-likeness (QED) is 0.189. The summed E-state index contributed by atoms with van der Waals surface area (Å²) in [6.45, 7) is 0. The van der Waals surface area contributed by atoms with Crippen molar-refractivity contribution in [2.75, 3.05) is 5.75 Å². The summed E-state index contributed by atoms with van der Waals surface area (Å²) in [4.78, 5) is 17.5. The first-order valence-corrected chi connectivity index (χ1v) is 12.8. The third-order valence-electron chi connectivity index (χ3n) is 4.90. The molecule has 0 amide bonds. The van der Waals surface area contributed by atoms with Crippen molar-refractivity contribution < 1.29 is 4.79 Å². The van der Waals surface area contributed by atoms with Crippen molar-refractivity contribution in [2.45, 2.75) is 5.16 Å². The molecule has 0 aliphatic carbocycles. The van der Waals surface area contributed by atoms with Crippen LogP contribution in [0.4, 0.5) is 0 Å². The Bertz CT molecular complexity index is 1320. The maximum absolute atomic E-state index is 12.7. The number of Topliss-reactive ketones (excluding diaryl/α,β-unsaturated/α-hetero) is 1. The van der Waals surface area contributed by atoms with Gasteiger partial charge in [0.05, 0.1) is 5.75 Å². The SMILES string of the molecule is O=C(CSc1nnc(-c2ccsc2)c(-c2ccsc2)n1)c1ccc(-c2ccccc2)cc1. The van der Waals surface area contributed by atoms with E-state index < -0.39 is 0 Å². The highest BCUT2D eigenvalue weighted by molar-refractivity contribution is 7.99. The predicted octanol–water partition coefficient (Wildman–Crippen LogP) is 6.97. The molecule has 0 saturated heterocycles. The number of carbonyl (C=O) groups excluding carboxylic acids is 1. The fraction of sp³-hybridized carbons (Fsp3) is 0.0400. The van der Waals surface area contributed by atoms with E-state index in [9.17, 15) is 4.79 Å². The van der Waals surface area contributed by atoms with Crippen LogP contribution in [0.3, 0.4) is 0 Å². The van der Waals surface area contributed by atoms with Crippen LogP contribution < -0.4 is 0 Å². The zero-order valence-electron chi connectivity index (χ0n) is 16.8. The molecule has 32 heavy (non-hydrogen) atoms. The summed E-state index contributed by atoms with van der Waals surface area (Å²) in [5.41, 5.74) is 6.47. The average molecular weight is 472 g/mol. The standard InChI is InChI=1S/C25H17N3OS3/c29-22(19-8-6-18(7-9-19)17-4-2-1-3-5-17)16-32-25-26-23(20-10-12-30-14-20)24(27-28-25)21-11-13-31-15-21/h1-15H,16H2. The van der Waals surface area contributed by atoms with Crippen molar-refractivity contribution in [2.24, 2.45) is 0 Å². The van der Waals surface area contributed by atoms with E-state index in [0.717, 1.165) is 33.6 Å². The topological polar surface area (TPSA) is 55.7 Å². The number of nitrogens with zero attached hydrogens (tertiary/aromatic N) is 3. The molecule has 3 aromatic heterocycles. The van der Waals surface area contributed by atoms with Crippen LogP contribution in [-0.2, 0) is 0 Å². The average Bonchev–Trinajstić information content (AvgIpc) is 3.58.